The molecule has 0 amide bonds. The Morgan fingerprint density at radius 1 is 1.25 bits per heavy atom. The minimum absolute atomic E-state index is 0.183. The van der Waals surface area contributed by atoms with E-state index in [1.807, 2.05) is 6.07 Å². The molecule has 0 aliphatic heterocycles. The van der Waals surface area contributed by atoms with Gasteiger partial charge in [-0.1, -0.05) is 13.8 Å². The summed E-state index contributed by atoms with van der Waals surface area (Å²) in [6.07, 6.45) is 4.44. The molecule has 114 valence electrons. The Kier molecular flexibility index (Phi) is 4.60. The fraction of sp³-hybridized carbons (Fsp3) is 0.765. The highest BCUT2D eigenvalue weighted by molar-refractivity contribution is 5.00. The van der Waals surface area contributed by atoms with Crippen molar-refractivity contribution in [1.29, 1.82) is 0 Å². The second kappa shape index (κ2) is 5.90. The molecular formula is C17H30N2O. The SMILES string of the molecule is CC(C)(CNC(C)(C)C)CN(Cc1ccco1)C1CC1. The summed E-state index contributed by atoms with van der Waals surface area (Å²) in [4.78, 5) is 2.59. The predicted octanol–water partition coefficient (Wildman–Crippen LogP) is 3.66. The molecule has 0 aromatic carbocycles. The van der Waals surface area contributed by atoms with Gasteiger partial charge in [0, 0.05) is 24.7 Å². The van der Waals surface area contributed by atoms with Gasteiger partial charge in [0.2, 0.25) is 0 Å². The average molecular weight is 278 g/mol. The topological polar surface area (TPSA) is 28.4 Å². The Bertz CT molecular complexity index is 399. The van der Waals surface area contributed by atoms with Crippen LogP contribution in [0.1, 0.15) is 53.2 Å². The van der Waals surface area contributed by atoms with Crippen molar-refractivity contribution in [1.82, 2.24) is 10.2 Å². The van der Waals surface area contributed by atoms with Crippen molar-refractivity contribution in [3.8, 4) is 0 Å². The quantitative estimate of drug-likeness (QED) is 0.825. The summed E-state index contributed by atoms with van der Waals surface area (Å²) in [6, 6.07) is 4.82. The first-order valence-electron chi connectivity index (χ1n) is 7.77. The van der Waals surface area contributed by atoms with Crippen molar-refractivity contribution in [2.75, 3.05) is 13.1 Å². The predicted molar refractivity (Wildman–Crippen MR) is 83.7 cm³/mol. The maximum Gasteiger partial charge on any atom is 0.117 e. The highest BCUT2D eigenvalue weighted by atomic mass is 16.3. The number of hydrogen-bond acceptors (Lipinski definition) is 3. The molecule has 1 aromatic rings. The summed E-state index contributed by atoms with van der Waals surface area (Å²) >= 11 is 0. The van der Waals surface area contributed by atoms with Crippen LogP contribution in [0.2, 0.25) is 0 Å². The van der Waals surface area contributed by atoms with Crippen LogP contribution in [0.5, 0.6) is 0 Å². The zero-order valence-corrected chi connectivity index (χ0v) is 13.7. The summed E-state index contributed by atoms with van der Waals surface area (Å²) < 4.78 is 5.51. The number of furan rings is 1. The maximum atomic E-state index is 5.51. The Labute approximate surface area is 123 Å². The van der Waals surface area contributed by atoms with Gasteiger partial charge in [0.25, 0.3) is 0 Å². The smallest absolute Gasteiger partial charge is 0.117 e. The third-order valence-corrected chi connectivity index (χ3v) is 3.73. The molecule has 0 radical (unpaired) electrons. The molecule has 0 unspecified atom stereocenters. The molecule has 2 rings (SSSR count). The molecule has 1 N–H and O–H groups in total. The van der Waals surface area contributed by atoms with Gasteiger partial charge >= 0.3 is 0 Å². The van der Waals surface area contributed by atoms with Crippen LogP contribution in [-0.4, -0.2) is 29.6 Å². The highest BCUT2D eigenvalue weighted by Gasteiger charge is 2.33. The minimum atomic E-state index is 0.183. The van der Waals surface area contributed by atoms with Gasteiger partial charge in [-0.15, -0.1) is 0 Å². The first kappa shape index (κ1) is 15.6. The van der Waals surface area contributed by atoms with Gasteiger partial charge in [-0.05, 0) is 51.2 Å². The molecular weight excluding hydrogens is 248 g/mol. The van der Waals surface area contributed by atoms with E-state index >= 15 is 0 Å². The van der Waals surface area contributed by atoms with Crippen LogP contribution in [0, 0.1) is 5.41 Å². The van der Waals surface area contributed by atoms with Crippen molar-refractivity contribution < 1.29 is 4.42 Å². The molecule has 1 heterocycles. The Morgan fingerprint density at radius 3 is 2.45 bits per heavy atom. The van der Waals surface area contributed by atoms with E-state index in [2.05, 4.69) is 50.9 Å². The molecule has 0 spiro atoms. The summed E-state index contributed by atoms with van der Waals surface area (Å²) in [7, 11) is 0. The van der Waals surface area contributed by atoms with E-state index in [0.717, 1.165) is 31.4 Å². The molecule has 1 saturated carbocycles. The van der Waals surface area contributed by atoms with Crippen LogP contribution in [0.25, 0.3) is 0 Å². The van der Waals surface area contributed by atoms with Gasteiger partial charge in [-0.3, -0.25) is 4.90 Å². The highest BCUT2D eigenvalue weighted by Crippen LogP contribution is 2.31. The van der Waals surface area contributed by atoms with E-state index in [-0.39, 0.29) is 11.0 Å². The van der Waals surface area contributed by atoms with Gasteiger partial charge < -0.3 is 9.73 Å². The van der Waals surface area contributed by atoms with Gasteiger partial charge in [-0.2, -0.15) is 0 Å². The van der Waals surface area contributed by atoms with Gasteiger partial charge in [0.1, 0.15) is 5.76 Å². The zero-order chi connectivity index (χ0) is 14.8. The van der Waals surface area contributed by atoms with E-state index in [9.17, 15) is 0 Å². The third-order valence-electron chi connectivity index (χ3n) is 3.73. The monoisotopic (exact) mass is 278 g/mol. The zero-order valence-electron chi connectivity index (χ0n) is 13.7. The summed E-state index contributed by atoms with van der Waals surface area (Å²) in [5, 5.41) is 3.64. The first-order chi connectivity index (χ1) is 9.25. The van der Waals surface area contributed by atoms with Crippen molar-refractivity contribution in [3.05, 3.63) is 24.2 Å². The largest absolute Gasteiger partial charge is 0.468 e. The summed E-state index contributed by atoms with van der Waals surface area (Å²) in [5.41, 5.74) is 0.450. The lowest BCUT2D eigenvalue weighted by atomic mass is 9.91. The van der Waals surface area contributed by atoms with E-state index in [0.29, 0.717) is 0 Å². The van der Waals surface area contributed by atoms with Crippen molar-refractivity contribution in [2.45, 2.75) is 65.6 Å². The van der Waals surface area contributed by atoms with E-state index in [4.69, 9.17) is 4.42 Å². The van der Waals surface area contributed by atoms with Gasteiger partial charge in [-0.25, -0.2) is 0 Å². The molecule has 1 aliphatic carbocycles. The van der Waals surface area contributed by atoms with Crippen molar-refractivity contribution >= 4 is 0 Å². The first-order valence-corrected chi connectivity index (χ1v) is 7.77. The van der Waals surface area contributed by atoms with Crippen LogP contribution >= 0.6 is 0 Å². The van der Waals surface area contributed by atoms with Crippen molar-refractivity contribution in [3.63, 3.8) is 0 Å². The van der Waals surface area contributed by atoms with Crippen LogP contribution in [0.3, 0.4) is 0 Å². The minimum Gasteiger partial charge on any atom is -0.468 e. The molecule has 1 fully saturated rings. The molecule has 3 nitrogen and oxygen atoms in total. The average Bonchev–Trinajstić information content (AvgIpc) is 3.05. The molecule has 3 heteroatoms. The molecule has 1 aliphatic rings. The lowest BCUT2D eigenvalue weighted by Crippen LogP contribution is -2.46. The normalized spacial score (nSPS) is 16.9. The van der Waals surface area contributed by atoms with Crippen LogP contribution in [0.4, 0.5) is 0 Å². The molecule has 1 aromatic heterocycles. The van der Waals surface area contributed by atoms with Crippen LogP contribution in [-0.2, 0) is 6.54 Å². The molecule has 0 saturated heterocycles. The Balaban J connectivity index is 1.89. The Morgan fingerprint density at radius 2 is 1.95 bits per heavy atom. The van der Waals surface area contributed by atoms with Gasteiger partial charge in [0.05, 0.1) is 12.8 Å². The maximum absolute atomic E-state index is 5.51. The number of rotatable bonds is 7. The lowest BCUT2D eigenvalue weighted by Gasteiger charge is -2.35. The number of nitrogens with zero attached hydrogens (tertiary/aromatic N) is 1. The second-order valence-corrected chi connectivity index (χ2v) is 7.98. The lowest BCUT2D eigenvalue weighted by molar-refractivity contribution is 0.143. The molecule has 20 heavy (non-hydrogen) atoms. The van der Waals surface area contributed by atoms with E-state index in [1.165, 1.54) is 12.8 Å². The summed E-state index contributed by atoms with van der Waals surface area (Å²) in [6.45, 7) is 14.5. The molecule has 0 atom stereocenters. The molecule has 0 bridgehead atoms. The van der Waals surface area contributed by atoms with Crippen molar-refractivity contribution in [2.24, 2.45) is 5.41 Å². The van der Waals surface area contributed by atoms with Crippen LogP contribution in [0.15, 0.2) is 22.8 Å². The summed E-state index contributed by atoms with van der Waals surface area (Å²) in [5.74, 6) is 1.08. The third kappa shape index (κ3) is 5.29. The standard InChI is InChI=1S/C17H30N2O/c1-16(2,3)18-12-17(4,5)13-19(14-8-9-14)11-15-7-6-10-20-15/h6-7,10,14,18H,8-9,11-13H2,1-5H3. The number of hydrogen-bond donors (Lipinski definition) is 1. The number of nitrogens with one attached hydrogen (secondary N) is 1. The fourth-order valence-electron chi connectivity index (χ4n) is 2.47. The van der Waals surface area contributed by atoms with E-state index in [1.54, 1.807) is 6.26 Å². The van der Waals surface area contributed by atoms with Crippen LogP contribution < -0.4 is 5.32 Å². The second-order valence-electron chi connectivity index (χ2n) is 7.98. The van der Waals surface area contributed by atoms with Gasteiger partial charge in [0.15, 0.2) is 0 Å². The Hall–Kier alpha value is -0.800. The fourth-order valence-corrected chi connectivity index (χ4v) is 2.47. The van der Waals surface area contributed by atoms with E-state index < -0.39 is 0 Å².